The minimum Gasteiger partial charge on any atom is -0.487 e. The normalized spacial score (nSPS) is 26.9. The lowest BCUT2D eigenvalue weighted by atomic mass is 9.70. The molecule has 0 spiro atoms. The Morgan fingerprint density at radius 1 is 0.882 bits per heavy atom. The molecule has 7 rings (SSSR count). The molecule has 3 nitrogen and oxygen atoms in total. The summed E-state index contributed by atoms with van der Waals surface area (Å²) in [5, 5.41) is 4.07. The molecule has 34 heavy (non-hydrogen) atoms. The van der Waals surface area contributed by atoms with Gasteiger partial charge in [-0.3, -0.25) is 4.90 Å². The van der Waals surface area contributed by atoms with Gasteiger partial charge in [0.25, 0.3) is 0 Å². The molecule has 3 saturated heterocycles. The molecule has 0 aromatic heterocycles. The van der Waals surface area contributed by atoms with Gasteiger partial charge in [-0.25, -0.2) is 0 Å². The van der Waals surface area contributed by atoms with E-state index < -0.39 is 0 Å². The van der Waals surface area contributed by atoms with Crippen LogP contribution in [-0.4, -0.2) is 35.7 Å². The minimum absolute atomic E-state index is 0.109. The lowest BCUT2D eigenvalue weighted by molar-refractivity contribution is 0.00455. The van der Waals surface area contributed by atoms with Crippen LogP contribution in [0.4, 0.5) is 0 Å². The first kappa shape index (κ1) is 21.9. The number of rotatable bonds is 6. The van der Waals surface area contributed by atoms with Gasteiger partial charge in [-0.15, -0.1) is 0 Å². The van der Waals surface area contributed by atoms with Crippen molar-refractivity contribution in [3.05, 3.63) is 101 Å². The second-order valence-corrected chi connectivity index (χ2v) is 11.0. The van der Waals surface area contributed by atoms with Crippen LogP contribution in [0.5, 0.6) is 5.75 Å². The molecule has 3 fully saturated rings. The van der Waals surface area contributed by atoms with Crippen LogP contribution >= 0.6 is 0 Å². The number of hydrogen-bond donors (Lipinski definition) is 1. The van der Waals surface area contributed by atoms with Crippen LogP contribution in [0.25, 0.3) is 0 Å². The molecule has 4 aliphatic heterocycles. The maximum Gasteiger partial charge on any atom is 0.127 e. The molecule has 4 aliphatic rings. The average molecular weight is 453 g/mol. The van der Waals surface area contributed by atoms with Gasteiger partial charge in [0.15, 0.2) is 0 Å². The summed E-state index contributed by atoms with van der Waals surface area (Å²) in [6, 6.07) is 29.9. The van der Waals surface area contributed by atoms with E-state index in [1.807, 2.05) is 0 Å². The van der Waals surface area contributed by atoms with Crippen LogP contribution in [0.3, 0.4) is 0 Å². The molecule has 0 saturated carbocycles. The van der Waals surface area contributed by atoms with Gasteiger partial charge >= 0.3 is 0 Å². The monoisotopic (exact) mass is 452 g/mol. The van der Waals surface area contributed by atoms with Crippen molar-refractivity contribution in [1.82, 2.24) is 10.2 Å². The molecule has 0 amide bonds. The van der Waals surface area contributed by atoms with E-state index in [1.165, 1.54) is 48.2 Å². The van der Waals surface area contributed by atoms with E-state index >= 15 is 0 Å². The van der Waals surface area contributed by atoms with Crippen LogP contribution in [-0.2, 0) is 13.0 Å². The molecule has 2 bridgehead atoms. The van der Waals surface area contributed by atoms with Gasteiger partial charge < -0.3 is 10.1 Å². The highest BCUT2D eigenvalue weighted by Crippen LogP contribution is 2.43. The van der Waals surface area contributed by atoms with Gasteiger partial charge in [0.05, 0.1) is 0 Å². The zero-order valence-electron chi connectivity index (χ0n) is 20.4. The Labute approximate surface area is 204 Å². The van der Waals surface area contributed by atoms with Crippen LogP contribution in [0, 0.1) is 5.92 Å². The minimum atomic E-state index is -0.109. The van der Waals surface area contributed by atoms with Crippen LogP contribution < -0.4 is 10.1 Å². The standard InChI is InChI=1S/C31H36N2O/c1-31(2)20-25-14-9-15-26(30(25)34-31)21-32-28-24-16-18-33(19-17-24)29(28)27(22-10-5-3-6-11-22)23-12-7-4-8-13-23/h3-15,24,27-29,32H,16-21H2,1-2H3. The summed E-state index contributed by atoms with van der Waals surface area (Å²) in [6.07, 6.45) is 3.57. The Morgan fingerprint density at radius 2 is 1.53 bits per heavy atom. The number of piperidine rings is 3. The number of benzene rings is 3. The van der Waals surface area contributed by atoms with Crippen molar-refractivity contribution in [3.63, 3.8) is 0 Å². The quantitative estimate of drug-likeness (QED) is 0.513. The molecular weight excluding hydrogens is 416 g/mol. The zero-order valence-corrected chi connectivity index (χ0v) is 20.4. The second-order valence-electron chi connectivity index (χ2n) is 11.0. The first-order valence-corrected chi connectivity index (χ1v) is 13.0. The topological polar surface area (TPSA) is 24.5 Å². The Bertz CT molecular complexity index is 1080. The predicted octanol–water partition coefficient (Wildman–Crippen LogP) is 5.78. The van der Waals surface area contributed by atoms with Crippen molar-refractivity contribution in [2.75, 3.05) is 13.1 Å². The third kappa shape index (κ3) is 4.06. The summed E-state index contributed by atoms with van der Waals surface area (Å²) >= 11 is 0. The lowest BCUT2D eigenvalue weighted by Crippen LogP contribution is -2.64. The van der Waals surface area contributed by atoms with Gasteiger partial charge in [-0.1, -0.05) is 78.9 Å². The second kappa shape index (κ2) is 8.87. The molecule has 4 heterocycles. The number of hydrogen-bond acceptors (Lipinski definition) is 3. The van der Waals surface area contributed by atoms with Crippen LogP contribution in [0.15, 0.2) is 78.9 Å². The maximum absolute atomic E-state index is 6.39. The fourth-order valence-electron chi connectivity index (χ4n) is 6.74. The maximum atomic E-state index is 6.39. The van der Waals surface area contributed by atoms with Crippen molar-refractivity contribution in [2.24, 2.45) is 5.92 Å². The van der Waals surface area contributed by atoms with E-state index in [0.717, 1.165) is 24.6 Å². The highest BCUT2D eigenvalue weighted by atomic mass is 16.5. The Balaban J connectivity index is 1.33. The highest BCUT2D eigenvalue weighted by Gasteiger charge is 2.46. The Hall–Kier alpha value is -2.62. The van der Waals surface area contributed by atoms with E-state index in [1.54, 1.807) is 0 Å². The number of fused-ring (bicyclic) bond motifs is 4. The summed E-state index contributed by atoms with van der Waals surface area (Å²) in [5.41, 5.74) is 5.38. The number of nitrogens with zero attached hydrogens (tertiary/aromatic N) is 1. The molecule has 1 N–H and O–H groups in total. The molecule has 3 aromatic rings. The van der Waals surface area contributed by atoms with Gasteiger partial charge in [0.1, 0.15) is 11.4 Å². The molecule has 3 aromatic carbocycles. The molecule has 2 unspecified atom stereocenters. The van der Waals surface area contributed by atoms with E-state index in [-0.39, 0.29) is 5.60 Å². The molecule has 3 heteroatoms. The zero-order chi connectivity index (χ0) is 23.1. The lowest BCUT2D eigenvalue weighted by Gasteiger charge is -2.54. The molecular formula is C31H36N2O. The van der Waals surface area contributed by atoms with Gasteiger partial charge in [-0.2, -0.15) is 0 Å². The van der Waals surface area contributed by atoms with Gasteiger partial charge in [0, 0.05) is 36.5 Å². The largest absolute Gasteiger partial charge is 0.487 e. The summed E-state index contributed by atoms with van der Waals surface area (Å²) < 4.78 is 6.39. The smallest absolute Gasteiger partial charge is 0.127 e. The SMILES string of the molecule is CC1(C)Cc2cccc(CNC3C4CCN(CC4)C3C(c3ccccc3)c3ccccc3)c2O1. The predicted molar refractivity (Wildman–Crippen MR) is 138 cm³/mol. The number of para-hydroxylation sites is 1. The number of ether oxygens (including phenoxy) is 1. The van der Waals surface area contributed by atoms with Gasteiger partial charge in [0.2, 0.25) is 0 Å². The summed E-state index contributed by atoms with van der Waals surface area (Å²) in [4.78, 5) is 2.76. The first-order valence-electron chi connectivity index (χ1n) is 13.0. The van der Waals surface area contributed by atoms with E-state index in [9.17, 15) is 0 Å². The van der Waals surface area contributed by atoms with Crippen molar-refractivity contribution in [2.45, 2.75) is 63.3 Å². The third-order valence-corrected chi connectivity index (χ3v) is 8.23. The van der Waals surface area contributed by atoms with Crippen LogP contribution in [0.1, 0.15) is 54.9 Å². The van der Waals surface area contributed by atoms with Crippen molar-refractivity contribution >= 4 is 0 Å². The Morgan fingerprint density at radius 3 is 2.18 bits per heavy atom. The highest BCUT2D eigenvalue weighted by molar-refractivity contribution is 5.46. The fourth-order valence-corrected chi connectivity index (χ4v) is 6.74. The van der Waals surface area contributed by atoms with Crippen molar-refractivity contribution < 1.29 is 4.74 Å². The molecule has 2 atom stereocenters. The van der Waals surface area contributed by atoms with E-state index in [2.05, 4.69) is 103 Å². The summed E-state index contributed by atoms with van der Waals surface area (Å²) in [7, 11) is 0. The Kier molecular flexibility index (Phi) is 5.71. The van der Waals surface area contributed by atoms with E-state index in [4.69, 9.17) is 4.74 Å². The molecule has 176 valence electrons. The van der Waals surface area contributed by atoms with Gasteiger partial charge in [-0.05, 0) is 62.4 Å². The summed E-state index contributed by atoms with van der Waals surface area (Å²) in [5.74, 6) is 2.19. The summed E-state index contributed by atoms with van der Waals surface area (Å²) in [6.45, 7) is 7.67. The average Bonchev–Trinajstić information content (AvgIpc) is 3.20. The molecule has 0 radical (unpaired) electrons. The number of nitrogens with one attached hydrogen (secondary N) is 1. The third-order valence-electron chi connectivity index (χ3n) is 8.23. The van der Waals surface area contributed by atoms with Crippen molar-refractivity contribution in [3.8, 4) is 5.75 Å². The van der Waals surface area contributed by atoms with Crippen molar-refractivity contribution in [1.29, 1.82) is 0 Å². The first-order chi connectivity index (χ1) is 16.6. The fraction of sp³-hybridized carbons (Fsp3) is 0.419. The molecule has 0 aliphatic carbocycles. The van der Waals surface area contributed by atoms with Crippen LogP contribution in [0.2, 0.25) is 0 Å². The van der Waals surface area contributed by atoms with E-state index in [0.29, 0.717) is 18.0 Å².